The minimum atomic E-state index is -2.10. The molecular formula is C60H80N2S5Si2. The average Bonchev–Trinajstić information content (AvgIpc) is 4.24. The summed E-state index contributed by atoms with van der Waals surface area (Å²) in [5, 5.41) is 12.0. The fraction of sp³-hybridized carbons (Fsp3) is 0.533. The van der Waals surface area contributed by atoms with Gasteiger partial charge in [-0.3, -0.25) is 0 Å². The number of hydrogen-bond acceptors (Lipinski definition) is 7. The second-order valence-corrected chi connectivity index (χ2v) is 34.0. The highest BCUT2D eigenvalue weighted by Gasteiger charge is 2.51. The summed E-state index contributed by atoms with van der Waals surface area (Å²) in [6.45, 7) is 9.44. The Morgan fingerprint density at radius 3 is 1.36 bits per heavy atom. The number of fused-ring (bicyclic) bond motifs is 7. The first kappa shape index (κ1) is 51.4. The van der Waals surface area contributed by atoms with Crippen molar-refractivity contribution < 1.29 is 0 Å². The average molecular weight is 1050 g/mol. The van der Waals surface area contributed by atoms with Crippen LogP contribution in [0.3, 0.4) is 0 Å². The van der Waals surface area contributed by atoms with E-state index in [0.29, 0.717) is 0 Å². The minimum Gasteiger partial charge on any atom is -0.172 e. The summed E-state index contributed by atoms with van der Waals surface area (Å²) in [7, 11) is -4.06. The largest absolute Gasteiger partial charge is 0.172 e. The van der Waals surface area contributed by atoms with Crippen molar-refractivity contribution in [3.63, 3.8) is 0 Å². The van der Waals surface area contributed by atoms with E-state index in [2.05, 4.69) is 122 Å². The minimum absolute atomic E-state index is 1.04. The number of thiophene rings is 4. The van der Waals surface area contributed by atoms with E-state index in [9.17, 15) is 0 Å². The van der Waals surface area contributed by atoms with Gasteiger partial charge in [0.25, 0.3) is 0 Å². The molecule has 2 aliphatic heterocycles. The molecule has 0 radical (unpaired) electrons. The van der Waals surface area contributed by atoms with E-state index in [1.807, 2.05) is 32.1 Å². The van der Waals surface area contributed by atoms with Gasteiger partial charge in [-0.25, -0.2) is 0 Å². The quantitative estimate of drug-likeness (QED) is 0.0320. The molecule has 0 saturated carbocycles. The Balaban J connectivity index is 1.13. The van der Waals surface area contributed by atoms with E-state index in [1.165, 1.54) is 221 Å². The van der Waals surface area contributed by atoms with Crippen LogP contribution in [0.15, 0.2) is 71.4 Å². The molecule has 0 bridgehead atoms. The lowest BCUT2D eigenvalue weighted by atomic mass is 10.1. The number of unbranched alkanes of at least 4 members (excludes halogenated alkanes) is 20. The first-order valence-corrected chi connectivity index (χ1v) is 36.8. The van der Waals surface area contributed by atoms with E-state index >= 15 is 0 Å². The van der Waals surface area contributed by atoms with E-state index < -0.39 is 16.1 Å². The maximum Gasteiger partial charge on any atom is 0.120 e. The Kier molecular flexibility index (Phi) is 18.6. The Labute approximate surface area is 439 Å². The molecule has 5 aromatic heterocycles. The summed E-state index contributed by atoms with van der Waals surface area (Å²) in [5.74, 6) is 0. The summed E-state index contributed by atoms with van der Waals surface area (Å²) in [6, 6.07) is 30.8. The standard InChI is InChI=1S/C60H80N2S5Si2/c1-5-9-13-17-21-25-38-68(39-26-22-18-14-10-6-2)53-35-37-64-59(53)47-42-55-48(43-54(47)68)60-56(69(55,40-27-23-19-15-11-7-3)41-28-24-20-16-12-8-4)44-52(66-60)51-34-33-50(65-51)46-32-31-45(49-30-29-36-63-49)57-58(46)62-67-61-57/h29-37,42-44H,5-28,38-41H2,1-4H3. The van der Waals surface area contributed by atoms with E-state index in [-0.39, 0.29) is 0 Å². The van der Waals surface area contributed by atoms with E-state index in [4.69, 9.17) is 8.75 Å². The molecule has 2 aromatic carbocycles. The molecule has 0 saturated heterocycles. The number of nitrogens with zero attached hydrogens (tertiary/aromatic N) is 2. The van der Waals surface area contributed by atoms with Crippen LogP contribution >= 0.6 is 57.1 Å². The Hall–Kier alpha value is -2.51. The van der Waals surface area contributed by atoms with Crippen molar-refractivity contribution in [3.8, 4) is 51.5 Å². The zero-order chi connectivity index (χ0) is 47.5. The molecule has 0 atom stereocenters. The van der Waals surface area contributed by atoms with Crippen LogP contribution in [0.1, 0.15) is 182 Å². The first-order chi connectivity index (χ1) is 34.1. The highest BCUT2D eigenvalue weighted by Crippen LogP contribution is 2.48. The molecule has 7 aromatic rings. The second kappa shape index (κ2) is 24.9. The van der Waals surface area contributed by atoms with Gasteiger partial charge in [0.15, 0.2) is 0 Å². The van der Waals surface area contributed by atoms with Crippen molar-refractivity contribution >= 4 is 105 Å². The summed E-state index contributed by atoms with van der Waals surface area (Å²) >= 11 is 9.37. The van der Waals surface area contributed by atoms with Gasteiger partial charge in [0, 0.05) is 40.4 Å². The molecular weight excluding hydrogens is 965 g/mol. The van der Waals surface area contributed by atoms with Crippen LogP contribution in [0.25, 0.3) is 62.6 Å². The second-order valence-electron chi connectivity index (χ2n) is 21.0. The van der Waals surface area contributed by atoms with Gasteiger partial charge in [0.1, 0.15) is 27.2 Å². The zero-order valence-electron chi connectivity index (χ0n) is 42.7. The summed E-state index contributed by atoms with van der Waals surface area (Å²) in [4.78, 5) is 8.85. The molecule has 69 heavy (non-hydrogen) atoms. The van der Waals surface area contributed by atoms with Gasteiger partial charge in [-0.2, -0.15) is 8.75 Å². The third-order valence-corrected chi connectivity index (χ3v) is 32.1. The predicted octanol–water partition coefficient (Wildman–Crippen LogP) is 19.5. The molecule has 368 valence electrons. The van der Waals surface area contributed by atoms with Gasteiger partial charge in [-0.1, -0.05) is 218 Å². The Morgan fingerprint density at radius 1 is 0.362 bits per heavy atom. The lowest BCUT2D eigenvalue weighted by Crippen LogP contribution is -2.56. The van der Waals surface area contributed by atoms with Gasteiger partial charge < -0.3 is 0 Å². The third kappa shape index (κ3) is 11.1. The maximum atomic E-state index is 4.91. The van der Waals surface area contributed by atoms with Crippen LogP contribution < -0.4 is 20.7 Å². The zero-order valence-corrected chi connectivity index (χ0v) is 48.7. The monoisotopic (exact) mass is 1040 g/mol. The van der Waals surface area contributed by atoms with Gasteiger partial charge in [-0.15, -0.1) is 45.3 Å². The van der Waals surface area contributed by atoms with E-state index in [1.54, 1.807) is 32.2 Å². The molecule has 7 heterocycles. The third-order valence-electron chi connectivity index (χ3n) is 16.3. The van der Waals surface area contributed by atoms with Gasteiger partial charge in [0.05, 0.1) is 11.7 Å². The molecule has 0 amide bonds. The smallest absolute Gasteiger partial charge is 0.120 e. The van der Waals surface area contributed by atoms with Crippen molar-refractivity contribution in [2.24, 2.45) is 0 Å². The van der Waals surface area contributed by atoms with Crippen LogP contribution in [0.4, 0.5) is 0 Å². The SMILES string of the molecule is CCCCCCCC[Si]1(CCCCCCCC)c2cc3c(cc2-c2sccc21)[Si](CCCCCCCC)(CCCCCCCC)c1cc(-c2ccc(-c4ccc(-c5cccs5)c5nsnc45)s2)sc1-3. The topological polar surface area (TPSA) is 25.8 Å². The summed E-state index contributed by atoms with van der Waals surface area (Å²) < 4.78 is 9.76. The number of rotatable bonds is 31. The van der Waals surface area contributed by atoms with Crippen LogP contribution in [0.5, 0.6) is 0 Å². The highest BCUT2D eigenvalue weighted by molar-refractivity contribution is 7.28. The first-order valence-electron chi connectivity index (χ1n) is 27.9. The molecule has 0 fully saturated rings. The van der Waals surface area contributed by atoms with Crippen molar-refractivity contribution in [3.05, 3.63) is 71.4 Å². The van der Waals surface area contributed by atoms with Crippen molar-refractivity contribution in [2.45, 2.75) is 206 Å². The number of aromatic nitrogens is 2. The Bertz CT molecular complexity index is 2650. The molecule has 9 rings (SSSR count). The molecule has 9 heteroatoms. The molecule has 0 aliphatic carbocycles. The highest BCUT2D eigenvalue weighted by atomic mass is 32.1. The number of benzene rings is 2. The lowest BCUT2D eigenvalue weighted by molar-refractivity contribution is 0.616. The molecule has 0 N–H and O–H groups in total. The lowest BCUT2D eigenvalue weighted by Gasteiger charge is -2.32. The van der Waals surface area contributed by atoms with Crippen LogP contribution in [0, 0.1) is 0 Å². The van der Waals surface area contributed by atoms with Crippen molar-refractivity contribution in [1.29, 1.82) is 0 Å². The van der Waals surface area contributed by atoms with Crippen LogP contribution in [-0.4, -0.2) is 24.9 Å². The number of hydrogen-bond donors (Lipinski definition) is 0. The maximum absolute atomic E-state index is 4.91. The fourth-order valence-corrected chi connectivity index (χ4v) is 29.6. The van der Waals surface area contributed by atoms with E-state index in [0.717, 1.165) is 11.0 Å². The Morgan fingerprint density at radius 2 is 0.841 bits per heavy atom. The normalized spacial score (nSPS) is 14.2. The van der Waals surface area contributed by atoms with Gasteiger partial charge in [0.2, 0.25) is 0 Å². The van der Waals surface area contributed by atoms with Crippen molar-refractivity contribution in [1.82, 2.24) is 8.75 Å². The predicted molar refractivity (Wildman–Crippen MR) is 319 cm³/mol. The van der Waals surface area contributed by atoms with Crippen LogP contribution in [-0.2, 0) is 0 Å². The molecule has 0 spiro atoms. The van der Waals surface area contributed by atoms with Crippen LogP contribution in [0.2, 0.25) is 24.2 Å². The van der Waals surface area contributed by atoms with Gasteiger partial charge >= 0.3 is 0 Å². The molecule has 2 nitrogen and oxygen atoms in total. The summed E-state index contributed by atoms with van der Waals surface area (Å²) in [6.07, 6.45) is 33.2. The fourth-order valence-electron chi connectivity index (χ4n) is 12.5. The van der Waals surface area contributed by atoms with Crippen molar-refractivity contribution in [2.75, 3.05) is 0 Å². The summed E-state index contributed by atoms with van der Waals surface area (Å²) in [5.41, 5.74) is 7.90. The molecule has 2 aliphatic rings. The molecule has 0 unspecified atom stereocenters. The van der Waals surface area contributed by atoms with Gasteiger partial charge in [-0.05, 0) is 91.1 Å².